The van der Waals surface area contributed by atoms with Crippen LogP contribution in [0.15, 0.2) is 35.5 Å². The molecule has 0 bridgehead atoms. The van der Waals surface area contributed by atoms with Crippen LogP contribution >= 0.6 is 0 Å². The van der Waals surface area contributed by atoms with Crippen LogP contribution in [0.5, 0.6) is 0 Å². The van der Waals surface area contributed by atoms with Crippen LogP contribution in [0.25, 0.3) is 0 Å². The maximum atomic E-state index is 5.52. The van der Waals surface area contributed by atoms with E-state index in [-0.39, 0.29) is 11.8 Å². The van der Waals surface area contributed by atoms with Gasteiger partial charge >= 0.3 is 0 Å². The summed E-state index contributed by atoms with van der Waals surface area (Å²) in [5.41, 5.74) is 1.21. The molecule has 0 aromatic heterocycles. The first-order valence-corrected chi connectivity index (χ1v) is 5.92. The predicted octanol–water partition coefficient (Wildman–Crippen LogP) is 2.04. The molecule has 1 atom stereocenters. The van der Waals surface area contributed by atoms with E-state index in [9.17, 15) is 0 Å². The van der Waals surface area contributed by atoms with Gasteiger partial charge < -0.3 is 4.84 Å². The molecule has 0 spiro atoms. The number of rotatable bonds is 1. The van der Waals surface area contributed by atoms with Crippen molar-refractivity contribution in [2.45, 2.75) is 32.0 Å². The Morgan fingerprint density at radius 2 is 2.00 bits per heavy atom. The minimum absolute atomic E-state index is 0.0465. The van der Waals surface area contributed by atoms with E-state index < -0.39 is 0 Å². The molecular weight excluding hydrogens is 214 g/mol. The fourth-order valence-electron chi connectivity index (χ4n) is 2.42. The van der Waals surface area contributed by atoms with Gasteiger partial charge in [0.15, 0.2) is 5.84 Å². The van der Waals surface area contributed by atoms with E-state index in [1.165, 1.54) is 0 Å². The molecule has 0 amide bonds. The lowest BCUT2D eigenvalue weighted by atomic mass is 10.0. The predicted molar refractivity (Wildman–Crippen MR) is 66.2 cm³/mol. The van der Waals surface area contributed by atoms with Crippen LogP contribution in [-0.4, -0.2) is 34.7 Å². The zero-order valence-electron chi connectivity index (χ0n) is 10.4. The topological polar surface area (TPSA) is 28.1 Å². The highest BCUT2D eigenvalue weighted by Crippen LogP contribution is 2.37. The lowest BCUT2D eigenvalue weighted by Crippen LogP contribution is -2.46. The Labute approximate surface area is 101 Å². The molecule has 1 fully saturated rings. The van der Waals surface area contributed by atoms with Crippen molar-refractivity contribution in [2.75, 3.05) is 7.05 Å². The summed E-state index contributed by atoms with van der Waals surface area (Å²) in [6.45, 7) is 4.44. The monoisotopic (exact) mass is 231 g/mol. The maximum Gasteiger partial charge on any atom is 0.216 e. The fourth-order valence-corrected chi connectivity index (χ4v) is 2.42. The van der Waals surface area contributed by atoms with Gasteiger partial charge in [0, 0.05) is 24.6 Å². The normalized spacial score (nSPS) is 26.6. The molecule has 2 heterocycles. The molecule has 1 unspecified atom stereocenters. The van der Waals surface area contributed by atoms with Gasteiger partial charge in [-0.05, 0) is 13.8 Å². The zero-order chi connectivity index (χ0) is 12.0. The Bertz CT molecular complexity index is 455. The van der Waals surface area contributed by atoms with Crippen LogP contribution < -0.4 is 0 Å². The van der Waals surface area contributed by atoms with Crippen molar-refractivity contribution in [3.05, 3.63) is 35.9 Å². The van der Waals surface area contributed by atoms with Gasteiger partial charge in [-0.15, -0.1) is 0 Å². The molecule has 1 aromatic rings. The Hall–Kier alpha value is -1.55. The molecule has 90 valence electrons. The molecule has 3 rings (SSSR count). The summed E-state index contributed by atoms with van der Waals surface area (Å²) in [6, 6.07) is 10.2. The Kier molecular flexibility index (Phi) is 2.16. The third-order valence-electron chi connectivity index (χ3n) is 3.66. The molecule has 2 aliphatic heterocycles. The first-order valence-electron chi connectivity index (χ1n) is 5.92. The smallest absolute Gasteiger partial charge is 0.216 e. The minimum Gasteiger partial charge on any atom is -0.367 e. The number of oxime groups is 1. The van der Waals surface area contributed by atoms with Gasteiger partial charge in [0.25, 0.3) is 0 Å². The van der Waals surface area contributed by atoms with Crippen molar-refractivity contribution < 1.29 is 4.84 Å². The molecule has 4 heteroatoms. The zero-order valence-corrected chi connectivity index (χ0v) is 10.4. The van der Waals surface area contributed by atoms with Gasteiger partial charge in [-0.3, -0.25) is 0 Å². The first-order chi connectivity index (χ1) is 8.09. The van der Waals surface area contributed by atoms with E-state index in [1.807, 2.05) is 18.2 Å². The van der Waals surface area contributed by atoms with E-state index in [1.54, 1.807) is 0 Å². The van der Waals surface area contributed by atoms with Crippen molar-refractivity contribution in [3.8, 4) is 0 Å². The SMILES string of the molecule is CN1N2C(c3ccccc3)=NOC2CC1(C)C. The fraction of sp³-hybridized carbons (Fsp3) is 0.462. The van der Waals surface area contributed by atoms with Gasteiger partial charge in [-0.2, -0.15) is 0 Å². The molecule has 0 saturated carbocycles. The van der Waals surface area contributed by atoms with Crippen LogP contribution in [0.1, 0.15) is 25.8 Å². The number of hydrazine groups is 1. The van der Waals surface area contributed by atoms with Crippen LogP contribution in [0, 0.1) is 0 Å². The van der Waals surface area contributed by atoms with Crippen LogP contribution in [0.3, 0.4) is 0 Å². The average molecular weight is 231 g/mol. The van der Waals surface area contributed by atoms with E-state index in [4.69, 9.17) is 4.84 Å². The van der Waals surface area contributed by atoms with Gasteiger partial charge in [0.2, 0.25) is 6.23 Å². The second-order valence-electron chi connectivity index (χ2n) is 5.23. The molecule has 1 aromatic carbocycles. The Balaban J connectivity index is 1.95. The number of hydrogen-bond donors (Lipinski definition) is 0. The van der Waals surface area contributed by atoms with Crippen molar-refractivity contribution in [1.29, 1.82) is 0 Å². The summed E-state index contributed by atoms with van der Waals surface area (Å²) >= 11 is 0. The van der Waals surface area contributed by atoms with E-state index >= 15 is 0 Å². The number of fused-ring (bicyclic) bond motifs is 1. The second kappa shape index (κ2) is 3.47. The molecule has 0 aliphatic carbocycles. The van der Waals surface area contributed by atoms with Crippen LogP contribution in [0.4, 0.5) is 0 Å². The summed E-state index contributed by atoms with van der Waals surface area (Å²) in [5.74, 6) is 0.906. The molecule has 4 nitrogen and oxygen atoms in total. The lowest BCUT2D eigenvalue weighted by molar-refractivity contribution is -0.0335. The number of hydrogen-bond acceptors (Lipinski definition) is 4. The molecule has 17 heavy (non-hydrogen) atoms. The molecule has 0 N–H and O–H groups in total. The maximum absolute atomic E-state index is 5.52. The number of benzene rings is 1. The van der Waals surface area contributed by atoms with Crippen molar-refractivity contribution in [2.24, 2.45) is 5.16 Å². The summed E-state index contributed by atoms with van der Waals surface area (Å²) in [7, 11) is 2.09. The highest BCUT2D eigenvalue weighted by Gasteiger charge is 2.48. The van der Waals surface area contributed by atoms with Crippen LogP contribution in [-0.2, 0) is 4.84 Å². The number of amidine groups is 1. The van der Waals surface area contributed by atoms with Gasteiger partial charge in [-0.1, -0.05) is 35.5 Å². The first kappa shape index (κ1) is 10.6. The standard InChI is InChI=1S/C13H17N3O/c1-13(2)9-11-16(15(13)3)12(14-17-11)10-7-5-4-6-8-10/h4-8,11H,9H2,1-3H3. The highest BCUT2D eigenvalue weighted by atomic mass is 16.7. The average Bonchev–Trinajstić information content (AvgIpc) is 2.80. The van der Waals surface area contributed by atoms with E-state index in [0.29, 0.717) is 0 Å². The van der Waals surface area contributed by atoms with Crippen molar-refractivity contribution in [1.82, 2.24) is 10.0 Å². The third-order valence-corrected chi connectivity index (χ3v) is 3.66. The summed E-state index contributed by atoms with van der Waals surface area (Å²) in [4.78, 5) is 5.52. The lowest BCUT2D eigenvalue weighted by Gasteiger charge is -2.32. The minimum atomic E-state index is 0.0465. The summed E-state index contributed by atoms with van der Waals surface area (Å²) < 4.78 is 0. The number of nitrogens with zero attached hydrogens (tertiary/aromatic N) is 3. The molecule has 2 aliphatic rings. The Morgan fingerprint density at radius 1 is 1.29 bits per heavy atom. The Morgan fingerprint density at radius 3 is 2.71 bits per heavy atom. The molecular formula is C13H17N3O. The third kappa shape index (κ3) is 1.52. The van der Waals surface area contributed by atoms with Gasteiger partial charge in [0.05, 0.1) is 0 Å². The van der Waals surface area contributed by atoms with E-state index in [2.05, 4.69) is 48.2 Å². The quantitative estimate of drug-likeness (QED) is 0.740. The molecule has 1 saturated heterocycles. The highest BCUT2D eigenvalue weighted by molar-refractivity contribution is 5.99. The van der Waals surface area contributed by atoms with Crippen LogP contribution in [0.2, 0.25) is 0 Å². The largest absolute Gasteiger partial charge is 0.367 e. The molecule has 0 radical (unpaired) electrons. The van der Waals surface area contributed by atoms with Crippen molar-refractivity contribution in [3.63, 3.8) is 0 Å². The summed E-state index contributed by atoms with van der Waals surface area (Å²) in [5, 5.41) is 8.57. The van der Waals surface area contributed by atoms with Crippen molar-refractivity contribution >= 4 is 5.84 Å². The summed E-state index contributed by atoms with van der Waals surface area (Å²) in [6.07, 6.45) is 1.01. The van der Waals surface area contributed by atoms with Gasteiger partial charge in [0.1, 0.15) is 0 Å². The second-order valence-corrected chi connectivity index (χ2v) is 5.23. The van der Waals surface area contributed by atoms with Gasteiger partial charge in [-0.25, -0.2) is 10.0 Å². The van der Waals surface area contributed by atoms with E-state index in [0.717, 1.165) is 17.8 Å².